The molecule has 0 bridgehead atoms. The van der Waals surface area contributed by atoms with Gasteiger partial charge in [0.1, 0.15) is 22.9 Å². The van der Waals surface area contributed by atoms with Crippen molar-refractivity contribution < 1.29 is 4.74 Å². The first-order chi connectivity index (χ1) is 13.2. The second-order valence-corrected chi connectivity index (χ2v) is 7.08. The summed E-state index contributed by atoms with van der Waals surface area (Å²) < 4.78 is 8.08. The van der Waals surface area contributed by atoms with Crippen LogP contribution < -0.4 is 4.74 Å². The molecule has 0 saturated carbocycles. The summed E-state index contributed by atoms with van der Waals surface area (Å²) in [4.78, 5) is 18.4. The average Bonchev–Trinajstić information content (AvgIpc) is 3.03. The van der Waals surface area contributed by atoms with Crippen molar-refractivity contribution in [3.63, 3.8) is 0 Å². The molecule has 6 nitrogen and oxygen atoms in total. The lowest BCUT2D eigenvalue weighted by Gasteiger charge is -2.17. The maximum Gasteiger partial charge on any atom is 0.150 e. The third-order valence-electron chi connectivity index (χ3n) is 5.33. The molecule has 4 aromatic rings. The molecule has 0 radical (unpaired) electrons. The van der Waals surface area contributed by atoms with Gasteiger partial charge in [0.2, 0.25) is 0 Å². The molecule has 0 atom stereocenters. The van der Waals surface area contributed by atoms with Crippen LogP contribution in [0.5, 0.6) is 5.75 Å². The van der Waals surface area contributed by atoms with Crippen LogP contribution in [0, 0.1) is 6.92 Å². The fourth-order valence-electron chi connectivity index (χ4n) is 3.88. The van der Waals surface area contributed by atoms with Crippen molar-refractivity contribution >= 4 is 21.9 Å². The first-order valence-corrected chi connectivity index (χ1v) is 9.38. The molecule has 3 aromatic heterocycles. The molecule has 136 valence electrons. The van der Waals surface area contributed by atoms with Crippen molar-refractivity contribution in [1.29, 1.82) is 0 Å². The van der Waals surface area contributed by atoms with Crippen LogP contribution in [0.15, 0.2) is 30.6 Å². The summed E-state index contributed by atoms with van der Waals surface area (Å²) in [7, 11) is 2.07. The summed E-state index contributed by atoms with van der Waals surface area (Å²) in [5.74, 6) is 2.82. The van der Waals surface area contributed by atoms with E-state index in [2.05, 4.69) is 38.7 Å². The minimum atomic E-state index is 0.742. The number of benzene rings is 1. The fraction of sp³-hybridized carbons (Fsp3) is 0.333. The van der Waals surface area contributed by atoms with Crippen LogP contribution >= 0.6 is 0 Å². The smallest absolute Gasteiger partial charge is 0.150 e. The zero-order chi connectivity index (χ0) is 18.4. The summed E-state index contributed by atoms with van der Waals surface area (Å²) in [6, 6.07) is 6.29. The highest BCUT2D eigenvalue weighted by molar-refractivity contribution is 5.84. The first kappa shape index (κ1) is 16.2. The van der Waals surface area contributed by atoms with Gasteiger partial charge in [0.15, 0.2) is 0 Å². The lowest BCUT2D eigenvalue weighted by molar-refractivity contribution is 0.291. The van der Waals surface area contributed by atoms with Gasteiger partial charge in [0.25, 0.3) is 0 Å². The lowest BCUT2D eigenvalue weighted by atomic mass is 10.1. The van der Waals surface area contributed by atoms with Gasteiger partial charge in [-0.2, -0.15) is 0 Å². The Balaban J connectivity index is 1.47. The number of hydrogen-bond acceptors (Lipinski definition) is 5. The Morgan fingerprint density at radius 3 is 2.96 bits per heavy atom. The normalized spacial score (nSPS) is 13.7. The number of aryl methyl sites for hydroxylation is 5. The van der Waals surface area contributed by atoms with Gasteiger partial charge in [-0.25, -0.2) is 15.0 Å². The van der Waals surface area contributed by atoms with Gasteiger partial charge in [-0.05, 0) is 37.5 Å². The van der Waals surface area contributed by atoms with E-state index in [4.69, 9.17) is 9.72 Å². The van der Waals surface area contributed by atoms with E-state index in [0.717, 1.165) is 77.3 Å². The van der Waals surface area contributed by atoms with E-state index in [0.29, 0.717) is 0 Å². The zero-order valence-electron chi connectivity index (χ0n) is 15.6. The van der Waals surface area contributed by atoms with Crippen molar-refractivity contribution in [2.24, 2.45) is 7.05 Å². The lowest BCUT2D eigenvalue weighted by Crippen LogP contribution is -2.08. The molecule has 1 aliphatic rings. The quantitative estimate of drug-likeness (QED) is 0.561. The van der Waals surface area contributed by atoms with E-state index in [1.54, 1.807) is 12.4 Å². The number of aromatic nitrogens is 5. The molecular weight excluding hydrogens is 338 g/mol. The number of pyridine rings is 1. The molecule has 1 aliphatic heterocycles. The van der Waals surface area contributed by atoms with Crippen LogP contribution in [0.25, 0.3) is 21.9 Å². The highest BCUT2D eigenvalue weighted by Gasteiger charge is 2.18. The average molecular weight is 359 g/mol. The highest BCUT2D eigenvalue weighted by atomic mass is 16.5. The number of hydrogen-bond donors (Lipinski definition) is 0. The predicted octanol–water partition coefficient (Wildman–Crippen LogP) is 3.33. The fourth-order valence-corrected chi connectivity index (χ4v) is 3.88. The van der Waals surface area contributed by atoms with E-state index in [9.17, 15) is 0 Å². The number of ether oxygens (including phenoxy) is 1. The van der Waals surface area contributed by atoms with Gasteiger partial charge in [-0.1, -0.05) is 6.07 Å². The maximum absolute atomic E-state index is 5.92. The van der Waals surface area contributed by atoms with Gasteiger partial charge in [0.05, 0.1) is 23.8 Å². The monoisotopic (exact) mass is 359 g/mol. The van der Waals surface area contributed by atoms with Gasteiger partial charge >= 0.3 is 0 Å². The molecule has 0 amide bonds. The van der Waals surface area contributed by atoms with Gasteiger partial charge in [-0.15, -0.1) is 0 Å². The van der Waals surface area contributed by atoms with Crippen LogP contribution in [-0.4, -0.2) is 31.1 Å². The highest BCUT2D eigenvalue weighted by Crippen LogP contribution is 2.33. The van der Waals surface area contributed by atoms with Crippen molar-refractivity contribution in [2.45, 2.75) is 32.6 Å². The number of rotatable bonds is 3. The molecule has 27 heavy (non-hydrogen) atoms. The summed E-state index contributed by atoms with van der Waals surface area (Å²) in [5, 5.41) is 1.06. The van der Waals surface area contributed by atoms with E-state index in [1.807, 2.05) is 13.0 Å². The Labute approximate surface area is 157 Å². The van der Waals surface area contributed by atoms with Crippen molar-refractivity contribution in [2.75, 3.05) is 6.61 Å². The van der Waals surface area contributed by atoms with Crippen LogP contribution in [0.3, 0.4) is 0 Å². The topological polar surface area (TPSA) is 65.7 Å². The number of nitrogens with zero attached hydrogens (tertiary/aromatic N) is 5. The Hall–Kier alpha value is -3.02. The minimum absolute atomic E-state index is 0.742. The Morgan fingerprint density at radius 2 is 2.04 bits per heavy atom. The second-order valence-electron chi connectivity index (χ2n) is 7.08. The number of imidazole rings is 1. The van der Waals surface area contributed by atoms with Crippen LogP contribution in [-0.2, 0) is 26.3 Å². The number of fused-ring (bicyclic) bond motifs is 4. The zero-order valence-corrected chi connectivity index (χ0v) is 15.6. The maximum atomic E-state index is 5.92. The Morgan fingerprint density at radius 1 is 1.11 bits per heavy atom. The molecule has 4 heterocycles. The summed E-state index contributed by atoms with van der Waals surface area (Å²) in [6.45, 7) is 2.79. The van der Waals surface area contributed by atoms with E-state index in [-0.39, 0.29) is 0 Å². The van der Waals surface area contributed by atoms with Crippen molar-refractivity contribution in [1.82, 2.24) is 24.5 Å². The third-order valence-corrected chi connectivity index (χ3v) is 5.33. The second kappa shape index (κ2) is 6.30. The molecule has 0 unspecified atom stereocenters. The third kappa shape index (κ3) is 2.72. The summed E-state index contributed by atoms with van der Waals surface area (Å²) in [6.07, 6.45) is 7.24. The van der Waals surface area contributed by atoms with Gasteiger partial charge in [0, 0.05) is 37.2 Å². The summed E-state index contributed by atoms with van der Waals surface area (Å²) >= 11 is 0. The molecular formula is C21H21N5O. The molecule has 0 N–H and O–H groups in total. The van der Waals surface area contributed by atoms with Crippen molar-refractivity contribution in [3.05, 3.63) is 53.5 Å². The molecule has 6 heteroatoms. The Kier molecular flexibility index (Phi) is 3.77. The van der Waals surface area contributed by atoms with Crippen LogP contribution in [0.4, 0.5) is 0 Å². The van der Waals surface area contributed by atoms with Gasteiger partial charge in [-0.3, -0.25) is 4.98 Å². The molecule has 0 aliphatic carbocycles. The molecule has 0 fully saturated rings. The van der Waals surface area contributed by atoms with Crippen LogP contribution in [0.2, 0.25) is 0 Å². The molecule has 5 rings (SSSR count). The standard InChI is InChI=1S/C21H21N5O/c1-13-15-9-10-22-12-16(15)24-18(23-13)7-8-19-25-20-17(26(19)2)6-5-14-4-3-11-27-21(14)20/h5-6,9-10,12H,3-4,7-8,11H2,1-2H3. The van der Waals surface area contributed by atoms with Crippen molar-refractivity contribution in [3.8, 4) is 5.75 Å². The largest absolute Gasteiger partial charge is 0.491 e. The van der Waals surface area contributed by atoms with E-state index < -0.39 is 0 Å². The summed E-state index contributed by atoms with van der Waals surface area (Å²) in [5.41, 5.74) is 5.24. The van der Waals surface area contributed by atoms with E-state index in [1.165, 1.54) is 5.56 Å². The van der Waals surface area contributed by atoms with Gasteiger partial charge < -0.3 is 9.30 Å². The molecule has 1 aromatic carbocycles. The molecule has 0 spiro atoms. The Bertz CT molecular complexity index is 1160. The van der Waals surface area contributed by atoms with Crippen LogP contribution in [0.1, 0.15) is 29.3 Å². The minimum Gasteiger partial charge on any atom is -0.491 e. The molecule has 0 saturated heterocycles. The first-order valence-electron chi connectivity index (χ1n) is 9.38. The SMILES string of the molecule is Cc1nc(CCc2nc3c4c(ccc3n2C)CCCO4)nc2cnccc12. The predicted molar refractivity (Wildman–Crippen MR) is 104 cm³/mol. The van der Waals surface area contributed by atoms with E-state index >= 15 is 0 Å².